The Morgan fingerprint density at radius 1 is 1.00 bits per heavy atom. The van der Waals surface area contributed by atoms with Crippen LogP contribution in [0.5, 0.6) is 17.2 Å². The van der Waals surface area contributed by atoms with Gasteiger partial charge in [-0.1, -0.05) is 12.1 Å². The van der Waals surface area contributed by atoms with Gasteiger partial charge in [0, 0.05) is 17.3 Å². The van der Waals surface area contributed by atoms with Crippen molar-refractivity contribution in [3.63, 3.8) is 0 Å². The highest BCUT2D eigenvalue weighted by atomic mass is 19.4. The number of nitrogens with one attached hydrogen (secondary N) is 1. The van der Waals surface area contributed by atoms with Gasteiger partial charge in [0.1, 0.15) is 18.0 Å². The number of aliphatic imine (C=N–C) groups is 1. The van der Waals surface area contributed by atoms with Crippen LogP contribution in [0.15, 0.2) is 65.7 Å². The fraction of sp³-hybridized carbons (Fsp3) is 0.130. The zero-order valence-electron chi connectivity index (χ0n) is 17.6. The van der Waals surface area contributed by atoms with Crippen molar-refractivity contribution in [2.75, 3.05) is 12.1 Å². The molecule has 5 N–H and O–H groups in total. The summed E-state index contributed by atoms with van der Waals surface area (Å²) in [4.78, 5) is 16.7. The molecule has 176 valence electrons. The highest BCUT2D eigenvalue weighted by molar-refractivity contribution is 6.05. The lowest BCUT2D eigenvalue weighted by molar-refractivity contribution is -0.137. The van der Waals surface area contributed by atoms with E-state index in [4.69, 9.17) is 25.7 Å². The molecule has 3 aromatic carbocycles. The number of alkyl halides is 3. The molecule has 0 unspecified atom stereocenters. The van der Waals surface area contributed by atoms with Crippen molar-refractivity contribution in [3.8, 4) is 17.2 Å². The zero-order valence-corrected chi connectivity index (χ0v) is 17.6. The first-order valence-corrected chi connectivity index (χ1v) is 9.93. The molecule has 0 fully saturated rings. The normalized spacial score (nSPS) is 12.2. The first kappa shape index (κ1) is 22.8. The molecule has 0 bridgehead atoms. The summed E-state index contributed by atoms with van der Waals surface area (Å²) in [5.74, 6) is 0.628. The second kappa shape index (κ2) is 9.22. The smallest absolute Gasteiger partial charge is 0.416 e. The van der Waals surface area contributed by atoms with Crippen LogP contribution in [0.2, 0.25) is 0 Å². The quantitative estimate of drug-likeness (QED) is 0.366. The molecule has 4 rings (SSSR count). The van der Waals surface area contributed by atoms with Gasteiger partial charge in [0.05, 0.1) is 5.56 Å². The van der Waals surface area contributed by atoms with Crippen molar-refractivity contribution < 1.29 is 32.2 Å². The van der Waals surface area contributed by atoms with Gasteiger partial charge >= 0.3 is 6.18 Å². The third-order valence-corrected chi connectivity index (χ3v) is 4.78. The Hall–Kier alpha value is -4.41. The van der Waals surface area contributed by atoms with Crippen molar-refractivity contribution in [2.45, 2.75) is 12.8 Å². The first-order chi connectivity index (χ1) is 16.2. The molecule has 1 heterocycles. The van der Waals surface area contributed by atoms with Gasteiger partial charge in [-0.15, -0.1) is 0 Å². The second-order valence-electron chi connectivity index (χ2n) is 7.22. The lowest BCUT2D eigenvalue weighted by atomic mass is 10.1. The topological polar surface area (TPSA) is 121 Å². The predicted molar refractivity (Wildman–Crippen MR) is 118 cm³/mol. The molecule has 0 aliphatic carbocycles. The molecule has 1 aliphatic rings. The van der Waals surface area contributed by atoms with Gasteiger partial charge in [-0.3, -0.25) is 4.79 Å². The van der Waals surface area contributed by atoms with Crippen LogP contribution in [0.4, 0.5) is 24.5 Å². The number of nitrogens with zero attached hydrogens (tertiary/aromatic N) is 1. The lowest BCUT2D eigenvalue weighted by Crippen LogP contribution is -2.22. The van der Waals surface area contributed by atoms with E-state index in [2.05, 4.69) is 10.3 Å². The summed E-state index contributed by atoms with van der Waals surface area (Å²) >= 11 is 0. The van der Waals surface area contributed by atoms with Crippen LogP contribution in [0, 0.1) is 0 Å². The number of amides is 1. The Morgan fingerprint density at radius 3 is 2.44 bits per heavy atom. The van der Waals surface area contributed by atoms with Gasteiger partial charge in [-0.05, 0) is 48.0 Å². The van der Waals surface area contributed by atoms with Crippen molar-refractivity contribution in [1.29, 1.82) is 0 Å². The van der Waals surface area contributed by atoms with E-state index >= 15 is 0 Å². The number of halogens is 3. The minimum atomic E-state index is -4.43. The minimum Gasteiger partial charge on any atom is -0.487 e. The summed E-state index contributed by atoms with van der Waals surface area (Å²) in [5.41, 5.74) is 11.7. The summed E-state index contributed by atoms with van der Waals surface area (Å²) in [6, 6.07) is 14.0. The Balaban J connectivity index is 1.51. The van der Waals surface area contributed by atoms with E-state index in [0.717, 1.165) is 12.1 Å². The highest BCUT2D eigenvalue weighted by Crippen LogP contribution is 2.34. The number of fused-ring (bicyclic) bond motifs is 1. The van der Waals surface area contributed by atoms with Crippen molar-refractivity contribution in [2.24, 2.45) is 16.5 Å². The molecular formula is C23H19F3N4O4. The van der Waals surface area contributed by atoms with Gasteiger partial charge in [0.25, 0.3) is 5.91 Å². The van der Waals surface area contributed by atoms with Crippen LogP contribution in [-0.4, -0.2) is 18.7 Å². The van der Waals surface area contributed by atoms with E-state index in [0.29, 0.717) is 28.3 Å². The Labute approximate surface area is 191 Å². The SMILES string of the molecule is NC(N)=Nc1ccc(NC(=O)c2ccc3c(c2)OCO3)cc1OCc1ccc(C(F)(F)F)cc1. The number of carbonyl (C=O) groups excluding carboxylic acids is 1. The first-order valence-electron chi connectivity index (χ1n) is 9.93. The second-order valence-corrected chi connectivity index (χ2v) is 7.22. The van der Waals surface area contributed by atoms with Crippen molar-refractivity contribution >= 4 is 23.2 Å². The highest BCUT2D eigenvalue weighted by Gasteiger charge is 2.29. The zero-order chi connectivity index (χ0) is 24.3. The Morgan fingerprint density at radius 2 is 1.74 bits per heavy atom. The summed E-state index contributed by atoms with van der Waals surface area (Å²) in [6.45, 7) is 0.0387. The van der Waals surface area contributed by atoms with E-state index in [1.807, 2.05) is 0 Å². The summed E-state index contributed by atoms with van der Waals surface area (Å²) in [7, 11) is 0. The number of anilines is 1. The van der Waals surface area contributed by atoms with Crippen LogP contribution in [0.25, 0.3) is 0 Å². The fourth-order valence-electron chi connectivity index (χ4n) is 3.13. The summed E-state index contributed by atoms with van der Waals surface area (Å²) in [5, 5.41) is 2.74. The molecule has 11 heteroatoms. The molecule has 0 saturated carbocycles. The number of ether oxygens (including phenoxy) is 3. The lowest BCUT2D eigenvalue weighted by Gasteiger charge is -2.13. The fourth-order valence-corrected chi connectivity index (χ4v) is 3.13. The average molecular weight is 472 g/mol. The van der Waals surface area contributed by atoms with Crippen LogP contribution >= 0.6 is 0 Å². The van der Waals surface area contributed by atoms with Crippen LogP contribution < -0.4 is 31.0 Å². The molecule has 3 aromatic rings. The third kappa shape index (κ3) is 5.31. The monoisotopic (exact) mass is 472 g/mol. The average Bonchev–Trinajstić information content (AvgIpc) is 3.26. The van der Waals surface area contributed by atoms with E-state index in [1.54, 1.807) is 24.3 Å². The molecule has 1 aliphatic heterocycles. The molecule has 34 heavy (non-hydrogen) atoms. The summed E-state index contributed by atoms with van der Waals surface area (Å²) in [6.07, 6.45) is -4.43. The van der Waals surface area contributed by atoms with Crippen LogP contribution in [-0.2, 0) is 12.8 Å². The number of hydrogen-bond acceptors (Lipinski definition) is 5. The number of rotatable bonds is 6. The van der Waals surface area contributed by atoms with E-state index in [-0.39, 0.29) is 30.8 Å². The standard InChI is InChI=1S/C23H19F3N4O4/c24-23(25,26)15-4-1-13(2-5-15)11-32-19-10-16(6-7-17(19)30-22(27)28)29-21(31)14-3-8-18-20(9-14)34-12-33-18/h1-10H,11-12H2,(H,29,31)(H4,27,28,30). The number of carbonyl (C=O) groups is 1. The van der Waals surface area contributed by atoms with Crippen LogP contribution in [0.3, 0.4) is 0 Å². The number of hydrogen-bond donors (Lipinski definition) is 3. The molecule has 0 radical (unpaired) electrons. The molecule has 0 aromatic heterocycles. The maximum absolute atomic E-state index is 12.8. The minimum absolute atomic E-state index is 0.0509. The van der Waals surface area contributed by atoms with Gasteiger partial charge in [-0.2, -0.15) is 13.2 Å². The molecular weight excluding hydrogens is 453 g/mol. The van der Waals surface area contributed by atoms with E-state index in [1.165, 1.54) is 24.3 Å². The van der Waals surface area contributed by atoms with Crippen LogP contribution in [0.1, 0.15) is 21.5 Å². The number of nitrogens with two attached hydrogens (primary N) is 2. The number of benzene rings is 3. The predicted octanol–water partition coefficient (Wildman–Crippen LogP) is 4.17. The Bertz CT molecular complexity index is 1240. The molecule has 0 spiro atoms. The van der Waals surface area contributed by atoms with Crippen molar-refractivity contribution in [1.82, 2.24) is 0 Å². The maximum atomic E-state index is 12.8. The van der Waals surface area contributed by atoms with E-state index < -0.39 is 17.6 Å². The van der Waals surface area contributed by atoms with Gasteiger partial charge in [0.15, 0.2) is 17.5 Å². The van der Waals surface area contributed by atoms with Gasteiger partial charge < -0.3 is 31.0 Å². The summed E-state index contributed by atoms with van der Waals surface area (Å²) < 4.78 is 54.6. The molecule has 0 saturated heterocycles. The largest absolute Gasteiger partial charge is 0.487 e. The Kier molecular flexibility index (Phi) is 6.17. The van der Waals surface area contributed by atoms with Gasteiger partial charge in [-0.25, -0.2) is 4.99 Å². The van der Waals surface area contributed by atoms with E-state index in [9.17, 15) is 18.0 Å². The maximum Gasteiger partial charge on any atom is 0.416 e. The third-order valence-electron chi connectivity index (χ3n) is 4.78. The molecule has 8 nitrogen and oxygen atoms in total. The van der Waals surface area contributed by atoms with Gasteiger partial charge in [0.2, 0.25) is 6.79 Å². The molecule has 0 atom stereocenters. The number of guanidine groups is 1. The molecule has 1 amide bonds. The van der Waals surface area contributed by atoms with Crippen molar-refractivity contribution in [3.05, 3.63) is 77.4 Å².